The van der Waals surface area contributed by atoms with Crippen LogP contribution < -0.4 is 10.6 Å². The van der Waals surface area contributed by atoms with E-state index in [2.05, 4.69) is 43.9 Å². The third-order valence-corrected chi connectivity index (χ3v) is 4.39. The summed E-state index contributed by atoms with van der Waals surface area (Å²) in [5.74, 6) is 0. The summed E-state index contributed by atoms with van der Waals surface area (Å²) in [7, 11) is 1.73. The average molecular weight is 313 g/mol. The van der Waals surface area contributed by atoms with Gasteiger partial charge in [0.1, 0.15) is 0 Å². The molecule has 0 fully saturated rings. The molecule has 0 spiro atoms. The van der Waals surface area contributed by atoms with Crippen molar-refractivity contribution >= 4 is 17.3 Å². The van der Waals surface area contributed by atoms with Gasteiger partial charge in [0.2, 0.25) is 0 Å². The van der Waals surface area contributed by atoms with Crippen LogP contribution in [0.2, 0.25) is 5.02 Å². The van der Waals surface area contributed by atoms with Gasteiger partial charge in [0.05, 0.1) is 6.61 Å². The maximum absolute atomic E-state index is 6.44. The predicted octanol–water partition coefficient (Wildman–Crippen LogP) is 3.87. The molecule has 1 aromatic rings. The van der Waals surface area contributed by atoms with E-state index in [-0.39, 0.29) is 6.04 Å². The van der Waals surface area contributed by atoms with Crippen LogP contribution in [0.3, 0.4) is 0 Å². The molecule has 2 unspecified atom stereocenters. The van der Waals surface area contributed by atoms with Gasteiger partial charge in [-0.2, -0.15) is 0 Å². The zero-order chi connectivity index (χ0) is 15.8. The second-order valence-corrected chi connectivity index (χ2v) is 6.00. The standard InChI is InChI=1S/C17H29ClN2O/c1-5-13(3)20(9-10-21-4)16-8-7-14(17(18)12-16)11-15(19)6-2/h7-8,12-13,15H,5-6,9-11,19H2,1-4H3. The minimum atomic E-state index is 0.174. The monoisotopic (exact) mass is 312 g/mol. The highest BCUT2D eigenvalue weighted by Gasteiger charge is 2.14. The Kier molecular flexibility index (Phi) is 8.09. The Balaban J connectivity index is 2.92. The zero-order valence-corrected chi connectivity index (χ0v) is 14.5. The second-order valence-electron chi connectivity index (χ2n) is 5.59. The summed E-state index contributed by atoms with van der Waals surface area (Å²) < 4.78 is 5.22. The highest BCUT2D eigenvalue weighted by molar-refractivity contribution is 6.31. The number of ether oxygens (including phenoxy) is 1. The highest BCUT2D eigenvalue weighted by atomic mass is 35.5. The molecule has 1 rings (SSSR count). The third kappa shape index (κ3) is 5.50. The van der Waals surface area contributed by atoms with Crippen molar-refractivity contribution in [1.82, 2.24) is 0 Å². The summed E-state index contributed by atoms with van der Waals surface area (Å²) in [5.41, 5.74) is 8.30. The summed E-state index contributed by atoms with van der Waals surface area (Å²) >= 11 is 6.44. The van der Waals surface area contributed by atoms with E-state index in [4.69, 9.17) is 22.1 Å². The first-order chi connectivity index (χ1) is 10.0. The van der Waals surface area contributed by atoms with Crippen LogP contribution in [0.4, 0.5) is 5.69 Å². The van der Waals surface area contributed by atoms with E-state index in [1.807, 2.05) is 0 Å². The Bertz CT molecular complexity index is 425. The minimum Gasteiger partial charge on any atom is -0.383 e. The lowest BCUT2D eigenvalue weighted by molar-refractivity contribution is 0.203. The van der Waals surface area contributed by atoms with Gasteiger partial charge < -0.3 is 15.4 Å². The van der Waals surface area contributed by atoms with Crippen LogP contribution in [-0.4, -0.2) is 32.3 Å². The smallest absolute Gasteiger partial charge is 0.0637 e. The van der Waals surface area contributed by atoms with Crippen LogP contribution in [0.25, 0.3) is 0 Å². The number of methoxy groups -OCH3 is 1. The number of anilines is 1. The second kappa shape index (κ2) is 9.29. The van der Waals surface area contributed by atoms with Crippen molar-refractivity contribution < 1.29 is 4.74 Å². The summed E-state index contributed by atoms with van der Waals surface area (Å²) in [6.45, 7) is 8.10. The molecule has 2 atom stereocenters. The maximum atomic E-state index is 6.44. The Labute approximate surface area is 134 Å². The van der Waals surface area contributed by atoms with E-state index in [1.165, 1.54) is 0 Å². The van der Waals surface area contributed by atoms with Gasteiger partial charge >= 0.3 is 0 Å². The molecule has 0 amide bonds. The first-order valence-electron chi connectivity index (χ1n) is 7.83. The van der Waals surface area contributed by atoms with Gasteiger partial charge in [-0.05, 0) is 43.9 Å². The molecule has 120 valence electrons. The van der Waals surface area contributed by atoms with Crippen LogP contribution in [0.5, 0.6) is 0 Å². The molecular weight excluding hydrogens is 284 g/mol. The lowest BCUT2D eigenvalue weighted by atomic mass is 10.0. The normalized spacial score (nSPS) is 14.0. The highest BCUT2D eigenvalue weighted by Crippen LogP contribution is 2.26. The maximum Gasteiger partial charge on any atom is 0.0637 e. The van der Waals surface area contributed by atoms with Gasteiger partial charge in [0.25, 0.3) is 0 Å². The van der Waals surface area contributed by atoms with Crippen LogP contribution in [-0.2, 0) is 11.2 Å². The number of nitrogens with two attached hydrogens (primary N) is 1. The number of hydrogen-bond acceptors (Lipinski definition) is 3. The van der Waals surface area contributed by atoms with E-state index in [0.717, 1.165) is 42.1 Å². The Morgan fingerprint density at radius 2 is 2.00 bits per heavy atom. The van der Waals surface area contributed by atoms with Gasteiger partial charge in [-0.1, -0.05) is 31.5 Å². The molecular formula is C17H29ClN2O. The number of hydrogen-bond donors (Lipinski definition) is 1. The topological polar surface area (TPSA) is 38.5 Å². The summed E-state index contributed by atoms with van der Waals surface area (Å²) in [6, 6.07) is 6.94. The fourth-order valence-corrected chi connectivity index (χ4v) is 2.57. The van der Waals surface area contributed by atoms with Crippen molar-refractivity contribution in [2.45, 2.75) is 52.1 Å². The van der Waals surface area contributed by atoms with Gasteiger partial charge in [-0.3, -0.25) is 0 Å². The van der Waals surface area contributed by atoms with E-state index in [1.54, 1.807) is 7.11 Å². The number of halogens is 1. The largest absolute Gasteiger partial charge is 0.383 e. The molecule has 0 aliphatic carbocycles. The summed E-state index contributed by atoms with van der Waals surface area (Å²) in [5, 5.41) is 0.808. The fraction of sp³-hybridized carbons (Fsp3) is 0.647. The molecule has 0 aromatic heterocycles. The average Bonchev–Trinajstić information content (AvgIpc) is 2.49. The van der Waals surface area contributed by atoms with Crippen molar-refractivity contribution in [3.8, 4) is 0 Å². The fourth-order valence-electron chi connectivity index (χ4n) is 2.32. The van der Waals surface area contributed by atoms with Crippen molar-refractivity contribution in [3.63, 3.8) is 0 Å². The van der Waals surface area contributed by atoms with Crippen molar-refractivity contribution in [2.24, 2.45) is 5.73 Å². The van der Waals surface area contributed by atoms with Crippen molar-refractivity contribution in [3.05, 3.63) is 28.8 Å². The van der Waals surface area contributed by atoms with E-state index < -0.39 is 0 Å². The minimum absolute atomic E-state index is 0.174. The van der Waals surface area contributed by atoms with Crippen LogP contribution in [0.1, 0.15) is 39.2 Å². The van der Waals surface area contributed by atoms with E-state index >= 15 is 0 Å². The molecule has 1 aromatic carbocycles. The first kappa shape index (κ1) is 18.3. The van der Waals surface area contributed by atoms with Gasteiger partial charge in [0.15, 0.2) is 0 Å². The molecule has 3 nitrogen and oxygen atoms in total. The zero-order valence-electron chi connectivity index (χ0n) is 13.7. The summed E-state index contributed by atoms with van der Waals surface area (Å²) in [4.78, 5) is 2.35. The molecule has 0 heterocycles. The Hall–Kier alpha value is -0.770. The summed E-state index contributed by atoms with van der Waals surface area (Å²) in [6.07, 6.45) is 2.88. The third-order valence-electron chi connectivity index (χ3n) is 4.03. The number of nitrogens with zero attached hydrogens (tertiary/aromatic N) is 1. The predicted molar refractivity (Wildman–Crippen MR) is 92.4 cm³/mol. The molecule has 0 saturated carbocycles. The van der Waals surface area contributed by atoms with Crippen LogP contribution in [0, 0.1) is 0 Å². The molecule has 21 heavy (non-hydrogen) atoms. The molecule has 0 aliphatic heterocycles. The van der Waals surface area contributed by atoms with Gasteiger partial charge in [0, 0.05) is 36.4 Å². The van der Waals surface area contributed by atoms with Gasteiger partial charge in [-0.15, -0.1) is 0 Å². The van der Waals surface area contributed by atoms with E-state index in [0.29, 0.717) is 12.6 Å². The number of rotatable bonds is 9. The van der Waals surface area contributed by atoms with Crippen LogP contribution in [0.15, 0.2) is 18.2 Å². The van der Waals surface area contributed by atoms with Crippen LogP contribution >= 0.6 is 11.6 Å². The molecule has 0 saturated heterocycles. The van der Waals surface area contributed by atoms with Crippen molar-refractivity contribution in [1.29, 1.82) is 0 Å². The number of benzene rings is 1. The quantitative estimate of drug-likeness (QED) is 0.752. The molecule has 4 heteroatoms. The SMILES string of the molecule is CCC(N)Cc1ccc(N(CCOC)C(C)CC)cc1Cl. The molecule has 0 radical (unpaired) electrons. The Morgan fingerprint density at radius 1 is 1.29 bits per heavy atom. The van der Waals surface area contributed by atoms with Crippen molar-refractivity contribution in [2.75, 3.05) is 25.2 Å². The lowest BCUT2D eigenvalue weighted by Gasteiger charge is -2.31. The first-order valence-corrected chi connectivity index (χ1v) is 8.20. The molecule has 0 bridgehead atoms. The molecule has 2 N–H and O–H groups in total. The van der Waals surface area contributed by atoms with E-state index in [9.17, 15) is 0 Å². The van der Waals surface area contributed by atoms with Gasteiger partial charge in [-0.25, -0.2) is 0 Å². The molecule has 0 aliphatic rings. The lowest BCUT2D eigenvalue weighted by Crippen LogP contribution is -2.35. The Morgan fingerprint density at radius 3 is 2.52 bits per heavy atom.